The first-order valence-corrected chi connectivity index (χ1v) is 7.87. The first kappa shape index (κ1) is 15.5. The summed E-state index contributed by atoms with van der Waals surface area (Å²) in [5.41, 5.74) is 2.71. The van der Waals surface area contributed by atoms with Crippen molar-refractivity contribution in [3.8, 4) is 0 Å². The lowest BCUT2D eigenvalue weighted by atomic mass is 10.0. The average molecular weight is 311 g/mol. The number of aromatic nitrogens is 2. The molecule has 1 N–H and O–H groups in total. The van der Waals surface area contributed by atoms with Crippen LogP contribution in [0.4, 0.5) is 0 Å². The molecule has 23 heavy (non-hydrogen) atoms. The van der Waals surface area contributed by atoms with E-state index in [-0.39, 0.29) is 22.9 Å². The van der Waals surface area contributed by atoms with Crippen molar-refractivity contribution in [2.45, 2.75) is 32.7 Å². The van der Waals surface area contributed by atoms with Gasteiger partial charge in [0.2, 0.25) is 0 Å². The van der Waals surface area contributed by atoms with E-state index < -0.39 is 0 Å². The maximum absolute atomic E-state index is 12.6. The van der Waals surface area contributed by atoms with Crippen molar-refractivity contribution in [3.63, 3.8) is 0 Å². The maximum atomic E-state index is 12.6. The molecular weight excluding hydrogens is 290 g/mol. The van der Waals surface area contributed by atoms with Crippen LogP contribution in [0.15, 0.2) is 35.4 Å². The van der Waals surface area contributed by atoms with Gasteiger partial charge in [0, 0.05) is 31.2 Å². The Morgan fingerprint density at radius 3 is 2.78 bits per heavy atom. The molecule has 1 aliphatic rings. The zero-order chi connectivity index (χ0) is 16.6. The lowest BCUT2D eigenvalue weighted by Crippen LogP contribution is -2.34. The van der Waals surface area contributed by atoms with Crippen LogP contribution in [-0.2, 0) is 7.05 Å². The number of carbonyl (C=O) groups is 1. The molecule has 0 spiro atoms. The van der Waals surface area contributed by atoms with Crippen molar-refractivity contribution in [1.82, 2.24) is 14.9 Å². The highest BCUT2D eigenvalue weighted by Crippen LogP contribution is 2.41. The van der Waals surface area contributed by atoms with Gasteiger partial charge in [-0.1, -0.05) is 6.07 Å². The zero-order valence-corrected chi connectivity index (χ0v) is 13.7. The van der Waals surface area contributed by atoms with Gasteiger partial charge in [-0.2, -0.15) is 0 Å². The van der Waals surface area contributed by atoms with Crippen molar-refractivity contribution in [2.24, 2.45) is 13.0 Å². The van der Waals surface area contributed by atoms with Crippen LogP contribution in [0.1, 0.15) is 46.2 Å². The maximum Gasteiger partial charge on any atom is 0.257 e. The van der Waals surface area contributed by atoms with Gasteiger partial charge < -0.3 is 9.88 Å². The number of hydrogen-bond acceptors (Lipinski definition) is 3. The van der Waals surface area contributed by atoms with Crippen LogP contribution in [0.2, 0.25) is 0 Å². The van der Waals surface area contributed by atoms with Crippen molar-refractivity contribution in [2.75, 3.05) is 0 Å². The second-order valence-corrected chi connectivity index (χ2v) is 6.30. The number of rotatable bonds is 4. The van der Waals surface area contributed by atoms with Gasteiger partial charge >= 0.3 is 0 Å². The second-order valence-electron chi connectivity index (χ2n) is 6.30. The third kappa shape index (κ3) is 3.18. The van der Waals surface area contributed by atoms with Gasteiger partial charge in [0.1, 0.15) is 5.56 Å². The van der Waals surface area contributed by atoms with E-state index >= 15 is 0 Å². The summed E-state index contributed by atoms with van der Waals surface area (Å²) in [7, 11) is 1.83. The Morgan fingerprint density at radius 2 is 2.13 bits per heavy atom. The lowest BCUT2D eigenvalue weighted by molar-refractivity contribution is 0.0928. The third-order valence-corrected chi connectivity index (χ3v) is 4.45. The first-order valence-electron chi connectivity index (χ1n) is 7.87. The highest BCUT2D eigenvalue weighted by molar-refractivity contribution is 5.94. The molecule has 0 aromatic carbocycles. The van der Waals surface area contributed by atoms with E-state index in [1.807, 2.05) is 33.0 Å². The smallest absolute Gasteiger partial charge is 0.257 e. The van der Waals surface area contributed by atoms with E-state index in [0.29, 0.717) is 5.92 Å². The molecular formula is C18H21N3O2. The average Bonchev–Trinajstić information content (AvgIpc) is 3.34. The van der Waals surface area contributed by atoms with Crippen LogP contribution in [-0.4, -0.2) is 15.5 Å². The normalized spacial score (nSPS) is 15.3. The molecule has 1 amide bonds. The summed E-state index contributed by atoms with van der Waals surface area (Å²) in [5.74, 6) is 0.0782. The van der Waals surface area contributed by atoms with Gasteiger partial charge in [-0.25, -0.2) is 0 Å². The van der Waals surface area contributed by atoms with Crippen LogP contribution in [0, 0.1) is 19.8 Å². The van der Waals surface area contributed by atoms with Crippen molar-refractivity contribution in [3.05, 3.63) is 63.3 Å². The molecule has 1 saturated carbocycles. The summed E-state index contributed by atoms with van der Waals surface area (Å²) in [5, 5.41) is 3.03. The minimum absolute atomic E-state index is 0.130. The van der Waals surface area contributed by atoms with Crippen molar-refractivity contribution >= 4 is 5.91 Å². The number of nitrogens with zero attached hydrogens (tertiary/aromatic N) is 2. The molecule has 2 heterocycles. The Kier molecular flexibility index (Phi) is 4.03. The Bertz CT molecular complexity index is 806. The Balaban J connectivity index is 1.90. The minimum Gasteiger partial charge on any atom is -0.354 e. The number of hydrogen-bond donors (Lipinski definition) is 1. The summed E-state index contributed by atoms with van der Waals surface area (Å²) >= 11 is 0. The van der Waals surface area contributed by atoms with E-state index in [9.17, 15) is 9.59 Å². The molecule has 2 aromatic rings. The fourth-order valence-electron chi connectivity index (χ4n) is 2.78. The number of nitrogens with one attached hydrogen (secondary N) is 1. The first-order chi connectivity index (χ1) is 11.0. The molecule has 120 valence electrons. The Morgan fingerprint density at radius 1 is 1.39 bits per heavy atom. The molecule has 1 aliphatic carbocycles. The highest BCUT2D eigenvalue weighted by Gasteiger charge is 2.35. The SMILES string of the molecule is Cc1cccnc1[C@H](NC(=O)c1cn(C)c(C)cc1=O)C1CC1. The number of aryl methyl sites for hydroxylation is 3. The van der Waals surface area contributed by atoms with Crippen molar-refractivity contribution in [1.29, 1.82) is 0 Å². The number of amides is 1. The van der Waals surface area contributed by atoms with Gasteiger partial charge in [0.25, 0.3) is 5.91 Å². The van der Waals surface area contributed by atoms with E-state index in [0.717, 1.165) is 29.8 Å². The predicted octanol–water partition coefficient (Wildman–Crippen LogP) is 2.28. The summed E-state index contributed by atoms with van der Waals surface area (Å²) in [6.45, 7) is 3.84. The molecule has 3 rings (SSSR count). The van der Waals surface area contributed by atoms with Gasteiger partial charge in [0.05, 0.1) is 11.7 Å². The Hall–Kier alpha value is -2.43. The van der Waals surface area contributed by atoms with Gasteiger partial charge in [-0.15, -0.1) is 0 Å². The topological polar surface area (TPSA) is 64.0 Å². The van der Waals surface area contributed by atoms with E-state index in [1.165, 1.54) is 6.07 Å². The third-order valence-electron chi connectivity index (χ3n) is 4.45. The van der Waals surface area contributed by atoms with Crippen LogP contribution >= 0.6 is 0 Å². The van der Waals surface area contributed by atoms with E-state index in [1.54, 1.807) is 17.0 Å². The lowest BCUT2D eigenvalue weighted by Gasteiger charge is -2.19. The van der Waals surface area contributed by atoms with Crippen LogP contribution in [0.5, 0.6) is 0 Å². The van der Waals surface area contributed by atoms with Crippen molar-refractivity contribution < 1.29 is 4.79 Å². The van der Waals surface area contributed by atoms with Crippen LogP contribution < -0.4 is 10.7 Å². The molecule has 2 aromatic heterocycles. The van der Waals surface area contributed by atoms with E-state index in [4.69, 9.17) is 0 Å². The van der Waals surface area contributed by atoms with Gasteiger partial charge in [0.15, 0.2) is 5.43 Å². The summed E-state index contributed by atoms with van der Waals surface area (Å²) in [6, 6.07) is 5.25. The summed E-state index contributed by atoms with van der Waals surface area (Å²) in [4.78, 5) is 29.2. The largest absolute Gasteiger partial charge is 0.354 e. The molecule has 1 fully saturated rings. The number of pyridine rings is 2. The molecule has 1 atom stereocenters. The summed E-state index contributed by atoms with van der Waals surface area (Å²) in [6.07, 6.45) is 5.50. The molecule has 0 saturated heterocycles. The zero-order valence-electron chi connectivity index (χ0n) is 13.7. The molecule has 5 nitrogen and oxygen atoms in total. The molecule has 0 bridgehead atoms. The standard InChI is InChI=1S/C18H21N3O2/c1-11-5-4-8-19-16(11)17(13-6-7-13)20-18(23)14-10-21(3)12(2)9-15(14)22/h4-5,8-10,13,17H,6-7H2,1-3H3,(H,20,23)/t17-/m1/s1. The van der Waals surface area contributed by atoms with Crippen LogP contribution in [0.25, 0.3) is 0 Å². The second kappa shape index (κ2) is 5.99. The highest BCUT2D eigenvalue weighted by atomic mass is 16.2. The van der Waals surface area contributed by atoms with Gasteiger partial charge in [-0.3, -0.25) is 14.6 Å². The Labute approximate surface area is 135 Å². The summed E-state index contributed by atoms with van der Waals surface area (Å²) < 4.78 is 1.79. The number of carbonyl (C=O) groups excluding carboxylic acids is 1. The van der Waals surface area contributed by atoms with Gasteiger partial charge in [-0.05, 0) is 44.2 Å². The monoisotopic (exact) mass is 311 g/mol. The fraction of sp³-hybridized carbons (Fsp3) is 0.389. The quantitative estimate of drug-likeness (QED) is 0.942. The molecule has 0 unspecified atom stereocenters. The molecule has 5 heteroatoms. The van der Waals surface area contributed by atoms with Crippen LogP contribution in [0.3, 0.4) is 0 Å². The molecule has 0 aliphatic heterocycles. The van der Waals surface area contributed by atoms with E-state index in [2.05, 4.69) is 10.3 Å². The fourth-order valence-corrected chi connectivity index (χ4v) is 2.78. The predicted molar refractivity (Wildman–Crippen MR) is 88.3 cm³/mol. The molecule has 0 radical (unpaired) electrons. The minimum atomic E-state index is -0.326.